The number of rotatable bonds is 5. The molecule has 2 aromatic rings. The van der Waals surface area contributed by atoms with Gasteiger partial charge in [-0.05, 0) is 30.3 Å². The predicted molar refractivity (Wildman–Crippen MR) is 91.1 cm³/mol. The number of hydrogen-bond donors (Lipinski definition) is 3. The number of anilines is 1. The third kappa shape index (κ3) is 3.74. The summed E-state index contributed by atoms with van der Waals surface area (Å²) in [6.07, 6.45) is -0.707. The molecular weight excluding hydrogens is 342 g/mol. The standard InChI is InChI=1S/C17H19N3O6/c1-25-11-4-2-10(3-5-11)16(23)18-14-6-7-20(17(24)19-14)15-8-12(22)13(9-21)26-15/h2-7,12-13,15,21-22H,8-9H2,1H3,(H,18,19,23,24). The summed E-state index contributed by atoms with van der Waals surface area (Å²) in [4.78, 5) is 28.2. The number of benzene rings is 1. The number of carbonyl (C=O) groups excluding carboxylic acids is 1. The summed E-state index contributed by atoms with van der Waals surface area (Å²) in [5.74, 6) is 0.316. The van der Waals surface area contributed by atoms with Crippen LogP contribution in [0.25, 0.3) is 0 Å². The first-order valence-electron chi connectivity index (χ1n) is 8.01. The van der Waals surface area contributed by atoms with Crippen molar-refractivity contribution in [3.63, 3.8) is 0 Å². The Labute approximate surface area is 148 Å². The molecule has 3 unspecified atom stereocenters. The van der Waals surface area contributed by atoms with Gasteiger partial charge in [-0.3, -0.25) is 9.36 Å². The van der Waals surface area contributed by atoms with E-state index in [1.165, 1.54) is 23.9 Å². The lowest BCUT2D eigenvalue weighted by atomic mass is 10.2. The topological polar surface area (TPSA) is 123 Å². The number of aliphatic hydroxyl groups excluding tert-OH is 2. The maximum atomic E-state index is 12.2. The number of hydrogen-bond acceptors (Lipinski definition) is 7. The first-order valence-corrected chi connectivity index (χ1v) is 8.01. The monoisotopic (exact) mass is 361 g/mol. The second-order valence-corrected chi connectivity index (χ2v) is 5.80. The molecule has 3 rings (SSSR count). The molecule has 138 valence electrons. The average molecular weight is 361 g/mol. The van der Waals surface area contributed by atoms with Gasteiger partial charge in [-0.25, -0.2) is 4.79 Å². The van der Waals surface area contributed by atoms with E-state index in [4.69, 9.17) is 14.6 Å². The van der Waals surface area contributed by atoms with E-state index in [0.29, 0.717) is 11.3 Å². The van der Waals surface area contributed by atoms with Crippen molar-refractivity contribution in [3.8, 4) is 5.75 Å². The van der Waals surface area contributed by atoms with Gasteiger partial charge in [0.05, 0.1) is 19.8 Å². The molecule has 3 N–H and O–H groups in total. The maximum Gasteiger partial charge on any atom is 0.351 e. The zero-order chi connectivity index (χ0) is 18.7. The molecule has 9 nitrogen and oxygen atoms in total. The number of methoxy groups -OCH3 is 1. The van der Waals surface area contributed by atoms with Crippen LogP contribution in [0.5, 0.6) is 5.75 Å². The molecule has 0 saturated carbocycles. The van der Waals surface area contributed by atoms with E-state index in [9.17, 15) is 14.7 Å². The van der Waals surface area contributed by atoms with Crippen molar-refractivity contribution < 1.29 is 24.5 Å². The van der Waals surface area contributed by atoms with Crippen LogP contribution in [-0.2, 0) is 4.74 Å². The van der Waals surface area contributed by atoms with Crippen molar-refractivity contribution in [1.82, 2.24) is 9.55 Å². The molecule has 1 aliphatic heterocycles. The lowest BCUT2D eigenvalue weighted by molar-refractivity contribution is -0.0458. The van der Waals surface area contributed by atoms with Crippen LogP contribution >= 0.6 is 0 Å². The number of aromatic nitrogens is 2. The molecule has 9 heteroatoms. The summed E-state index contributed by atoms with van der Waals surface area (Å²) < 4.78 is 11.7. The lowest BCUT2D eigenvalue weighted by Gasteiger charge is -2.14. The molecule has 0 aliphatic carbocycles. The van der Waals surface area contributed by atoms with Gasteiger partial charge in [0.1, 0.15) is 23.9 Å². The van der Waals surface area contributed by atoms with E-state index in [-0.39, 0.29) is 18.8 Å². The average Bonchev–Trinajstić information content (AvgIpc) is 3.02. The molecule has 26 heavy (non-hydrogen) atoms. The van der Waals surface area contributed by atoms with E-state index >= 15 is 0 Å². The van der Waals surface area contributed by atoms with Crippen LogP contribution in [0.3, 0.4) is 0 Å². The fraction of sp³-hybridized carbons (Fsp3) is 0.353. The number of nitrogens with zero attached hydrogens (tertiary/aromatic N) is 2. The summed E-state index contributed by atoms with van der Waals surface area (Å²) in [7, 11) is 1.53. The van der Waals surface area contributed by atoms with Crippen molar-refractivity contribution in [2.45, 2.75) is 24.9 Å². The summed E-state index contributed by atoms with van der Waals surface area (Å²) in [6, 6.07) is 7.96. The SMILES string of the molecule is COc1ccc(C(=O)Nc2ccn(C3CC(O)C(CO)O3)c(=O)n2)cc1. The predicted octanol–water partition coefficient (Wildman–Crippen LogP) is 0.145. The van der Waals surface area contributed by atoms with Crippen LogP contribution < -0.4 is 15.7 Å². The Bertz CT molecular complexity index is 835. The van der Waals surface area contributed by atoms with Crippen molar-refractivity contribution >= 4 is 11.7 Å². The minimum atomic E-state index is -0.855. The normalized spacial score (nSPS) is 22.2. The van der Waals surface area contributed by atoms with Crippen LogP contribution in [0.2, 0.25) is 0 Å². The number of ether oxygens (including phenoxy) is 2. The lowest BCUT2D eigenvalue weighted by Crippen LogP contribution is -2.28. The summed E-state index contributed by atoms with van der Waals surface area (Å²) in [5, 5.41) is 21.4. The third-order valence-corrected chi connectivity index (χ3v) is 4.12. The highest BCUT2D eigenvalue weighted by molar-refractivity contribution is 6.03. The van der Waals surface area contributed by atoms with Crippen molar-refractivity contribution in [1.29, 1.82) is 0 Å². The van der Waals surface area contributed by atoms with E-state index in [0.717, 1.165) is 0 Å². The molecule has 3 atom stereocenters. The molecule has 2 heterocycles. The highest BCUT2D eigenvalue weighted by atomic mass is 16.5. The summed E-state index contributed by atoms with van der Waals surface area (Å²) >= 11 is 0. The van der Waals surface area contributed by atoms with Gasteiger partial charge in [0.2, 0.25) is 0 Å². The molecular formula is C17H19N3O6. The zero-order valence-corrected chi connectivity index (χ0v) is 14.0. The van der Waals surface area contributed by atoms with Crippen LogP contribution in [0.4, 0.5) is 5.82 Å². The molecule has 1 amide bonds. The highest BCUT2D eigenvalue weighted by Crippen LogP contribution is 2.27. The van der Waals surface area contributed by atoms with Crippen molar-refractivity contribution in [2.24, 2.45) is 0 Å². The number of amides is 1. The fourth-order valence-electron chi connectivity index (χ4n) is 2.68. The van der Waals surface area contributed by atoms with Gasteiger partial charge >= 0.3 is 5.69 Å². The smallest absolute Gasteiger partial charge is 0.351 e. The Hall–Kier alpha value is -2.75. The highest BCUT2D eigenvalue weighted by Gasteiger charge is 2.34. The Morgan fingerprint density at radius 2 is 2.12 bits per heavy atom. The maximum absolute atomic E-state index is 12.2. The van der Waals surface area contributed by atoms with Crippen LogP contribution in [-0.4, -0.2) is 51.6 Å². The Balaban J connectivity index is 1.71. The molecule has 1 aliphatic rings. The molecule has 1 saturated heterocycles. The van der Waals surface area contributed by atoms with Gasteiger partial charge in [0.25, 0.3) is 5.91 Å². The van der Waals surface area contributed by atoms with Crippen molar-refractivity contribution in [3.05, 3.63) is 52.6 Å². The van der Waals surface area contributed by atoms with Crippen LogP contribution in [0.15, 0.2) is 41.3 Å². The van der Waals surface area contributed by atoms with Crippen LogP contribution in [0, 0.1) is 0 Å². The molecule has 0 radical (unpaired) electrons. The van der Waals surface area contributed by atoms with Gasteiger partial charge in [-0.1, -0.05) is 0 Å². The largest absolute Gasteiger partial charge is 0.497 e. The minimum absolute atomic E-state index is 0.101. The van der Waals surface area contributed by atoms with Gasteiger partial charge in [0, 0.05) is 18.2 Å². The van der Waals surface area contributed by atoms with E-state index in [2.05, 4.69) is 10.3 Å². The Kier molecular flexibility index (Phi) is 5.31. The quantitative estimate of drug-likeness (QED) is 0.692. The first kappa shape index (κ1) is 18.1. The molecule has 0 bridgehead atoms. The third-order valence-electron chi connectivity index (χ3n) is 4.12. The molecule has 0 spiro atoms. The molecule has 1 fully saturated rings. The van der Waals surface area contributed by atoms with Gasteiger partial charge in [0.15, 0.2) is 0 Å². The number of carbonyl (C=O) groups is 1. The minimum Gasteiger partial charge on any atom is -0.497 e. The summed E-state index contributed by atoms with van der Waals surface area (Å²) in [6.45, 7) is -0.337. The molecule has 1 aromatic carbocycles. The zero-order valence-electron chi connectivity index (χ0n) is 14.0. The van der Waals surface area contributed by atoms with Gasteiger partial charge < -0.3 is 25.0 Å². The van der Waals surface area contributed by atoms with Gasteiger partial charge in [-0.2, -0.15) is 4.98 Å². The number of aliphatic hydroxyl groups is 2. The van der Waals surface area contributed by atoms with Crippen LogP contribution in [0.1, 0.15) is 23.0 Å². The van der Waals surface area contributed by atoms with Gasteiger partial charge in [-0.15, -0.1) is 0 Å². The van der Waals surface area contributed by atoms with E-state index < -0.39 is 30.0 Å². The second kappa shape index (κ2) is 7.65. The Morgan fingerprint density at radius 3 is 2.69 bits per heavy atom. The summed E-state index contributed by atoms with van der Waals surface area (Å²) in [5.41, 5.74) is -0.238. The van der Waals surface area contributed by atoms with Crippen molar-refractivity contribution in [2.75, 3.05) is 19.0 Å². The van der Waals surface area contributed by atoms with E-state index in [1.807, 2.05) is 0 Å². The Morgan fingerprint density at radius 1 is 1.38 bits per heavy atom. The van der Waals surface area contributed by atoms with E-state index in [1.54, 1.807) is 24.3 Å². The molecule has 1 aromatic heterocycles. The first-order chi connectivity index (χ1) is 12.5. The fourth-order valence-corrected chi connectivity index (χ4v) is 2.68. The second-order valence-electron chi connectivity index (χ2n) is 5.80. The number of nitrogens with one attached hydrogen (secondary N) is 1.